The number of rotatable bonds is 14. The monoisotopic (exact) mass is 625 g/mol. The molecular formula is C37H43N3O4S. The fraction of sp³-hybridized carbons (Fsp3) is 0.297. The summed E-state index contributed by atoms with van der Waals surface area (Å²) in [7, 11) is -4.13. The van der Waals surface area contributed by atoms with Gasteiger partial charge in [-0.25, -0.2) is 8.42 Å². The molecule has 0 saturated carbocycles. The van der Waals surface area contributed by atoms with E-state index in [1.54, 1.807) is 35.2 Å². The lowest BCUT2D eigenvalue weighted by Gasteiger charge is -2.34. The van der Waals surface area contributed by atoms with Crippen LogP contribution in [0.25, 0.3) is 0 Å². The molecule has 0 aliphatic carbocycles. The van der Waals surface area contributed by atoms with Crippen molar-refractivity contribution in [2.45, 2.75) is 64.4 Å². The zero-order valence-electron chi connectivity index (χ0n) is 26.6. The normalized spacial score (nSPS) is 11.9. The van der Waals surface area contributed by atoms with Gasteiger partial charge in [0.2, 0.25) is 11.8 Å². The number of carbonyl (C=O) groups excluding carboxylic acids is 2. The van der Waals surface area contributed by atoms with Gasteiger partial charge in [-0.2, -0.15) is 0 Å². The average Bonchev–Trinajstić information content (AvgIpc) is 3.02. The van der Waals surface area contributed by atoms with Gasteiger partial charge in [0.1, 0.15) is 12.6 Å². The molecule has 0 aliphatic heterocycles. The average molecular weight is 626 g/mol. The third-order valence-electron chi connectivity index (χ3n) is 7.64. The van der Waals surface area contributed by atoms with E-state index in [9.17, 15) is 18.0 Å². The lowest BCUT2D eigenvalue weighted by atomic mass is 10.0. The van der Waals surface area contributed by atoms with Crippen molar-refractivity contribution in [1.82, 2.24) is 10.2 Å². The van der Waals surface area contributed by atoms with Crippen molar-refractivity contribution in [3.05, 3.63) is 131 Å². The van der Waals surface area contributed by atoms with Gasteiger partial charge in [0.05, 0.1) is 10.6 Å². The molecule has 45 heavy (non-hydrogen) atoms. The van der Waals surface area contributed by atoms with E-state index in [1.165, 1.54) is 16.4 Å². The van der Waals surface area contributed by atoms with Crippen molar-refractivity contribution in [1.29, 1.82) is 0 Å². The molecule has 0 radical (unpaired) electrons. The number of amides is 2. The molecule has 0 bridgehead atoms. The Morgan fingerprint density at radius 1 is 0.756 bits per heavy atom. The first-order valence-corrected chi connectivity index (χ1v) is 16.8. The van der Waals surface area contributed by atoms with Gasteiger partial charge in [-0.1, -0.05) is 97.8 Å². The number of hydrogen-bond donors (Lipinski definition) is 1. The molecular weight excluding hydrogens is 582 g/mol. The summed E-state index contributed by atoms with van der Waals surface area (Å²) in [6.07, 6.45) is 2.01. The Morgan fingerprint density at radius 3 is 2.00 bits per heavy atom. The summed E-state index contributed by atoms with van der Waals surface area (Å²) in [5.41, 5.74) is 4.92. The molecule has 4 aromatic rings. The summed E-state index contributed by atoms with van der Waals surface area (Å²) < 4.78 is 29.5. The van der Waals surface area contributed by atoms with Crippen LogP contribution >= 0.6 is 0 Å². The molecule has 0 heterocycles. The van der Waals surface area contributed by atoms with Gasteiger partial charge in [-0.3, -0.25) is 13.9 Å². The lowest BCUT2D eigenvalue weighted by Crippen LogP contribution is -2.53. The molecule has 0 unspecified atom stereocenters. The van der Waals surface area contributed by atoms with Gasteiger partial charge >= 0.3 is 0 Å². The second kappa shape index (κ2) is 15.5. The zero-order valence-corrected chi connectivity index (χ0v) is 27.4. The first-order chi connectivity index (χ1) is 21.6. The van der Waals surface area contributed by atoms with Crippen LogP contribution < -0.4 is 9.62 Å². The summed E-state index contributed by atoms with van der Waals surface area (Å²) in [6, 6.07) is 30.1. The number of unbranched alkanes of at least 4 members (excludes halogenated alkanes) is 1. The van der Waals surface area contributed by atoms with Crippen LogP contribution in [-0.2, 0) is 32.6 Å². The quantitative estimate of drug-likeness (QED) is 0.165. The Balaban J connectivity index is 1.81. The molecule has 0 saturated heterocycles. The van der Waals surface area contributed by atoms with Crippen LogP contribution in [0.2, 0.25) is 0 Å². The van der Waals surface area contributed by atoms with E-state index in [4.69, 9.17) is 0 Å². The Bertz CT molecular complexity index is 1670. The predicted molar refractivity (Wildman–Crippen MR) is 180 cm³/mol. The first kappa shape index (κ1) is 33.5. The highest BCUT2D eigenvalue weighted by molar-refractivity contribution is 7.92. The molecule has 2 amide bonds. The molecule has 4 aromatic carbocycles. The van der Waals surface area contributed by atoms with Crippen molar-refractivity contribution in [2.75, 3.05) is 17.4 Å². The fourth-order valence-corrected chi connectivity index (χ4v) is 6.83. The SMILES string of the molecule is CCCCNC(=O)[C@H](Cc1ccccc1)N(Cc1cccc(C)c1)C(=O)CN(c1cc(C)cc(C)c1)S(=O)(=O)c1ccccc1. The highest BCUT2D eigenvalue weighted by Crippen LogP contribution is 2.27. The van der Waals surface area contributed by atoms with E-state index in [0.29, 0.717) is 12.2 Å². The van der Waals surface area contributed by atoms with Crippen LogP contribution in [0, 0.1) is 20.8 Å². The van der Waals surface area contributed by atoms with Crippen LogP contribution in [0.15, 0.2) is 108 Å². The number of carbonyl (C=O) groups is 2. The number of nitrogens with one attached hydrogen (secondary N) is 1. The van der Waals surface area contributed by atoms with Crippen molar-refractivity contribution >= 4 is 27.5 Å². The number of hydrogen-bond acceptors (Lipinski definition) is 4. The molecule has 0 aliphatic rings. The maximum atomic E-state index is 14.6. The molecule has 236 valence electrons. The third-order valence-corrected chi connectivity index (χ3v) is 9.43. The van der Waals surface area contributed by atoms with Gasteiger partial charge in [-0.05, 0) is 73.7 Å². The largest absolute Gasteiger partial charge is 0.354 e. The van der Waals surface area contributed by atoms with Crippen molar-refractivity contribution in [3.63, 3.8) is 0 Å². The summed E-state index contributed by atoms with van der Waals surface area (Å²) >= 11 is 0. The fourth-order valence-electron chi connectivity index (χ4n) is 5.41. The minimum absolute atomic E-state index is 0.0836. The second-order valence-corrected chi connectivity index (χ2v) is 13.4. The van der Waals surface area contributed by atoms with Crippen LogP contribution in [0.3, 0.4) is 0 Å². The maximum absolute atomic E-state index is 14.6. The predicted octanol–water partition coefficient (Wildman–Crippen LogP) is 6.36. The first-order valence-electron chi connectivity index (χ1n) is 15.4. The highest BCUT2D eigenvalue weighted by Gasteiger charge is 2.34. The Hall–Kier alpha value is -4.43. The number of sulfonamides is 1. The summed E-state index contributed by atoms with van der Waals surface area (Å²) in [6.45, 7) is 7.98. The molecule has 4 rings (SSSR count). The summed E-state index contributed by atoms with van der Waals surface area (Å²) in [4.78, 5) is 30.0. The molecule has 0 fully saturated rings. The number of aryl methyl sites for hydroxylation is 3. The lowest BCUT2D eigenvalue weighted by molar-refractivity contribution is -0.140. The van der Waals surface area contributed by atoms with Gasteiger partial charge in [-0.15, -0.1) is 0 Å². The van der Waals surface area contributed by atoms with Crippen LogP contribution in [-0.4, -0.2) is 44.3 Å². The van der Waals surface area contributed by atoms with E-state index in [2.05, 4.69) is 12.2 Å². The summed E-state index contributed by atoms with van der Waals surface area (Å²) in [5.74, 6) is -0.737. The maximum Gasteiger partial charge on any atom is 0.264 e. The summed E-state index contributed by atoms with van der Waals surface area (Å²) in [5, 5.41) is 3.03. The van der Waals surface area contributed by atoms with Crippen molar-refractivity contribution in [2.24, 2.45) is 0 Å². The van der Waals surface area contributed by atoms with Gasteiger partial charge in [0, 0.05) is 19.5 Å². The van der Waals surface area contributed by atoms with Crippen molar-refractivity contribution in [3.8, 4) is 0 Å². The zero-order chi connectivity index (χ0) is 32.4. The standard InChI is InChI=1S/C37H43N3O4S/c1-5-6-20-38-37(42)35(25-31-15-9-7-10-16-31)39(26-32-17-13-14-28(2)22-32)36(41)27-40(33-23-29(3)21-30(4)24-33)45(43,44)34-18-11-8-12-19-34/h7-19,21-24,35H,5-6,20,25-27H2,1-4H3,(H,38,42)/t35-/m0/s1. The topological polar surface area (TPSA) is 86.8 Å². The van der Waals surface area contributed by atoms with E-state index < -0.39 is 28.5 Å². The minimum atomic E-state index is -4.13. The Kier molecular flexibility index (Phi) is 11.5. The molecule has 1 atom stereocenters. The third kappa shape index (κ3) is 9.05. The van der Waals surface area contributed by atoms with Crippen molar-refractivity contribution < 1.29 is 18.0 Å². The molecule has 0 spiro atoms. The number of anilines is 1. The molecule has 7 nitrogen and oxygen atoms in total. The highest BCUT2D eigenvalue weighted by atomic mass is 32.2. The van der Waals surface area contributed by atoms with Crippen LogP contribution in [0.5, 0.6) is 0 Å². The van der Waals surface area contributed by atoms with Crippen LogP contribution in [0.1, 0.15) is 47.6 Å². The minimum Gasteiger partial charge on any atom is -0.354 e. The Labute approximate surface area is 268 Å². The van der Waals surface area contributed by atoms with E-state index >= 15 is 0 Å². The number of benzene rings is 4. The molecule has 0 aromatic heterocycles. The van der Waals surface area contributed by atoms with Gasteiger partial charge < -0.3 is 10.2 Å². The van der Waals surface area contributed by atoms with Gasteiger partial charge in [0.25, 0.3) is 10.0 Å². The second-order valence-electron chi connectivity index (χ2n) is 11.5. The molecule has 1 N–H and O–H groups in total. The van der Waals surface area contributed by atoms with E-state index in [0.717, 1.165) is 40.7 Å². The number of nitrogens with zero attached hydrogens (tertiary/aromatic N) is 2. The smallest absolute Gasteiger partial charge is 0.264 e. The Morgan fingerprint density at radius 2 is 1.38 bits per heavy atom. The van der Waals surface area contributed by atoms with E-state index in [1.807, 2.05) is 81.4 Å². The molecule has 8 heteroatoms. The van der Waals surface area contributed by atoms with Gasteiger partial charge in [0.15, 0.2) is 0 Å². The van der Waals surface area contributed by atoms with E-state index in [-0.39, 0.29) is 23.8 Å². The van der Waals surface area contributed by atoms with Crippen LogP contribution in [0.4, 0.5) is 5.69 Å².